The molecule has 0 aliphatic rings. The van der Waals surface area contributed by atoms with Crippen molar-refractivity contribution in [2.24, 2.45) is 0 Å². The average molecular weight is 1170 g/mol. The Bertz CT molecular complexity index is 5520. The van der Waals surface area contributed by atoms with E-state index in [0.717, 1.165) is 121 Å². The normalized spacial score (nSPS) is 11.4. The molecule has 0 saturated heterocycles. The summed E-state index contributed by atoms with van der Waals surface area (Å²) in [5.74, 6) is 1.78. The number of hydrogen-bond donors (Lipinski definition) is 1. The Morgan fingerprint density at radius 2 is 0.741 bits per heavy atom. The number of pyridine rings is 4. The number of hydrogen-bond acceptors (Lipinski definition) is 6. The van der Waals surface area contributed by atoms with E-state index in [2.05, 4.69) is 197 Å². The third kappa shape index (κ3) is 8.62. The third-order valence-electron chi connectivity index (χ3n) is 15.7. The van der Waals surface area contributed by atoms with E-state index in [1.807, 2.05) is 97.3 Å². The van der Waals surface area contributed by atoms with Crippen molar-refractivity contribution in [2.75, 3.05) is 0 Å². The Morgan fingerprint density at radius 3 is 1.28 bits per heavy atom. The molecule has 0 bridgehead atoms. The predicted octanol–water partition coefficient (Wildman–Crippen LogP) is 19.8. The molecule has 0 atom stereocenters. The van der Waals surface area contributed by atoms with Gasteiger partial charge in [0.05, 0.1) is 49.8 Å². The molecule has 8 aromatic heterocycles. The Labute approximate surface area is 496 Å². The molecule has 18 aromatic rings. The van der Waals surface area contributed by atoms with Crippen molar-refractivity contribution >= 4 is 137 Å². The maximum absolute atomic E-state index is 9.90. The SMILES string of the molecule is Brc1cccc(-n2c3ccccc3c3cccnc32)c1.C.C.Oc1ccc2c3ccccc3n3c4ccccc4nc3c2c1.c1cc(Oc2ccc3c4ccccc4n4c5ccccc5nc4c3c2)cc(-n2c3ccccc3c3cccnc32)c1. The largest absolute Gasteiger partial charge is 0.508 e. The molecule has 0 spiro atoms. The summed E-state index contributed by atoms with van der Waals surface area (Å²) in [6, 6.07) is 86.6. The van der Waals surface area contributed by atoms with Gasteiger partial charge in [0.15, 0.2) is 0 Å². The molecule has 1 N–H and O–H groups in total. The van der Waals surface area contributed by atoms with Gasteiger partial charge in [0.25, 0.3) is 0 Å². The summed E-state index contributed by atoms with van der Waals surface area (Å²) in [4.78, 5) is 19.1. The standard InChI is InChI=1S/C36H22N4O.C19H12N2O.C17H11BrN2.2CH4/c1-5-16-33-27(11-1)26-19-18-25(22-30(26)36-38-31-14-3-6-17-34(31)40(33)36)41-24-10-7-9-23(21-24)39-32-15-4-2-12-28(32)29-13-8-20-37-35(29)39;22-12-9-10-13-14-5-1-3-7-17(14)21-18-8-4-2-6-16(18)20-19(21)15(13)11-12;18-12-5-3-6-13(11-12)20-16-9-2-1-7-14(16)15-8-4-10-19-17(15)20;;/h1-22H;1-11,22H;1-11H;2*1H4. The van der Waals surface area contributed by atoms with Crippen molar-refractivity contribution in [3.8, 4) is 28.6 Å². The summed E-state index contributed by atoms with van der Waals surface area (Å²) < 4.78 is 16.4. The highest BCUT2D eigenvalue weighted by Gasteiger charge is 2.18. The van der Waals surface area contributed by atoms with Crippen LogP contribution in [0.5, 0.6) is 17.2 Å². The Hall–Kier alpha value is -10.9. The molecule has 18 rings (SSSR count). The van der Waals surface area contributed by atoms with Gasteiger partial charge in [0.2, 0.25) is 0 Å². The number of para-hydroxylation sites is 8. The van der Waals surface area contributed by atoms with E-state index in [1.54, 1.807) is 12.1 Å². The van der Waals surface area contributed by atoms with Gasteiger partial charge in [-0.25, -0.2) is 19.9 Å². The van der Waals surface area contributed by atoms with Gasteiger partial charge >= 0.3 is 0 Å². The van der Waals surface area contributed by atoms with E-state index in [9.17, 15) is 5.11 Å². The van der Waals surface area contributed by atoms with Crippen molar-refractivity contribution in [2.45, 2.75) is 14.9 Å². The highest BCUT2D eigenvalue weighted by atomic mass is 79.9. The van der Waals surface area contributed by atoms with Crippen LogP contribution in [0.4, 0.5) is 0 Å². The summed E-state index contributed by atoms with van der Waals surface area (Å²) in [7, 11) is 0. The highest BCUT2D eigenvalue weighted by Crippen LogP contribution is 2.39. The molecule has 11 heteroatoms. The van der Waals surface area contributed by atoms with Gasteiger partial charge in [-0.1, -0.05) is 140 Å². The molecular weight excluding hydrogens is 1110 g/mol. The summed E-state index contributed by atoms with van der Waals surface area (Å²) in [5.41, 5.74) is 14.5. The predicted molar refractivity (Wildman–Crippen MR) is 355 cm³/mol. The van der Waals surface area contributed by atoms with Gasteiger partial charge in [-0.2, -0.15) is 0 Å². The fourth-order valence-electron chi connectivity index (χ4n) is 12.2. The van der Waals surface area contributed by atoms with Crippen molar-refractivity contribution in [1.82, 2.24) is 37.9 Å². The van der Waals surface area contributed by atoms with Gasteiger partial charge in [0, 0.05) is 71.7 Å². The number of benzene rings is 10. The number of imidazole rings is 2. The molecule has 0 amide bonds. The maximum Gasteiger partial charge on any atom is 0.146 e. The summed E-state index contributed by atoms with van der Waals surface area (Å²) in [6.45, 7) is 0. The fourth-order valence-corrected chi connectivity index (χ4v) is 12.6. The molecule has 8 heterocycles. The zero-order valence-corrected chi connectivity index (χ0v) is 45.8. The van der Waals surface area contributed by atoms with E-state index >= 15 is 0 Å². The van der Waals surface area contributed by atoms with Crippen LogP contribution < -0.4 is 4.74 Å². The zero-order valence-electron chi connectivity index (χ0n) is 44.2. The second-order valence-corrected chi connectivity index (χ2v) is 21.4. The van der Waals surface area contributed by atoms with E-state index in [4.69, 9.17) is 19.7 Å². The molecule has 408 valence electrons. The summed E-state index contributed by atoms with van der Waals surface area (Å²) in [5, 5.41) is 21.3. The van der Waals surface area contributed by atoms with Gasteiger partial charge < -0.3 is 9.84 Å². The van der Waals surface area contributed by atoms with Crippen LogP contribution in [0.25, 0.3) is 132 Å². The van der Waals surface area contributed by atoms with E-state index in [0.29, 0.717) is 0 Å². The number of halogens is 1. The van der Waals surface area contributed by atoms with Crippen molar-refractivity contribution < 1.29 is 9.84 Å². The fraction of sp³-hybridized carbons (Fsp3) is 0.0270. The van der Waals surface area contributed by atoms with Gasteiger partial charge in [-0.05, 0) is 150 Å². The second-order valence-electron chi connectivity index (χ2n) is 20.5. The first-order valence-electron chi connectivity index (χ1n) is 27.4. The minimum absolute atomic E-state index is 0. The Kier molecular flexibility index (Phi) is 13.0. The Balaban J connectivity index is 0.000000123. The van der Waals surface area contributed by atoms with E-state index in [1.165, 1.54) is 27.1 Å². The average Bonchev–Trinajstić information content (AvgIpc) is 1.98. The lowest BCUT2D eigenvalue weighted by molar-refractivity contribution is 0.476. The van der Waals surface area contributed by atoms with Crippen LogP contribution in [0.2, 0.25) is 0 Å². The number of ether oxygens (including phenoxy) is 1. The van der Waals surface area contributed by atoms with Gasteiger partial charge in [0.1, 0.15) is 39.8 Å². The monoisotopic (exact) mass is 1160 g/mol. The third-order valence-corrected chi connectivity index (χ3v) is 16.2. The first-order chi connectivity index (χ1) is 41.0. The zero-order chi connectivity index (χ0) is 55.1. The molecule has 0 unspecified atom stereocenters. The summed E-state index contributed by atoms with van der Waals surface area (Å²) in [6.07, 6.45) is 3.69. The van der Waals surface area contributed by atoms with E-state index in [-0.39, 0.29) is 20.6 Å². The molecule has 0 aliphatic carbocycles. The van der Waals surface area contributed by atoms with Crippen molar-refractivity contribution in [1.29, 1.82) is 0 Å². The molecule has 0 aliphatic heterocycles. The number of fused-ring (bicyclic) bond motifs is 22. The first-order valence-corrected chi connectivity index (χ1v) is 28.1. The first kappa shape index (κ1) is 52.2. The van der Waals surface area contributed by atoms with Crippen LogP contribution in [0.1, 0.15) is 14.9 Å². The lowest BCUT2D eigenvalue weighted by Crippen LogP contribution is -1.96. The van der Waals surface area contributed by atoms with Crippen LogP contribution >= 0.6 is 15.9 Å². The molecule has 85 heavy (non-hydrogen) atoms. The quantitative estimate of drug-likeness (QED) is 0.176. The van der Waals surface area contributed by atoms with Gasteiger partial charge in [-0.15, -0.1) is 0 Å². The maximum atomic E-state index is 9.90. The summed E-state index contributed by atoms with van der Waals surface area (Å²) >= 11 is 3.54. The number of phenolic OH excluding ortho intramolecular Hbond substituents is 1. The molecule has 0 fully saturated rings. The minimum Gasteiger partial charge on any atom is -0.508 e. The lowest BCUT2D eigenvalue weighted by Gasteiger charge is -2.12. The van der Waals surface area contributed by atoms with Crippen molar-refractivity contribution in [3.05, 3.63) is 272 Å². The lowest BCUT2D eigenvalue weighted by atomic mass is 10.1. The molecule has 10 nitrogen and oxygen atoms in total. The van der Waals surface area contributed by atoms with Crippen LogP contribution in [0, 0.1) is 0 Å². The highest BCUT2D eigenvalue weighted by molar-refractivity contribution is 9.10. The van der Waals surface area contributed by atoms with Crippen LogP contribution in [0.3, 0.4) is 0 Å². The van der Waals surface area contributed by atoms with Crippen LogP contribution in [-0.2, 0) is 0 Å². The van der Waals surface area contributed by atoms with Crippen LogP contribution in [-0.4, -0.2) is 43.0 Å². The van der Waals surface area contributed by atoms with E-state index < -0.39 is 0 Å². The molecule has 0 saturated carbocycles. The molecule has 10 aromatic carbocycles. The van der Waals surface area contributed by atoms with Crippen molar-refractivity contribution in [3.63, 3.8) is 0 Å². The Morgan fingerprint density at radius 1 is 0.318 bits per heavy atom. The number of rotatable bonds is 4. The molecule has 0 radical (unpaired) electrons. The number of aromatic nitrogens is 8. The topological polar surface area (TPSA) is 99.7 Å². The smallest absolute Gasteiger partial charge is 0.146 e. The second kappa shape index (κ2) is 21.1. The number of aromatic hydroxyl groups is 1. The minimum atomic E-state index is 0. The number of phenols is 1. The number of nitrogens with zero attached hydrogens (tertiary/aromatic N) is 8. The van der Waals surface area contributed by atoms with Crippen LogP contribution in [0.15, 0.2) is 272 Å². The van der Waals surface area contributed by atoms with Gasteiger partial charge in [-0.3, -0.25) is 17.9 Å². The molecular formula is C74H53BrN8O2.